The summed E-state index contributed by atoms with van der Waals surface area (Å²) in [6.07, 6.45) is 0. The number of rotatable bonds is 5. The first-order chi connectivity index (χ1) is 8.66. The summed E-state index contributed by atoms with van der Waals surface area (Å²) >= 11 is 0. The summed E-state index contributed by atoms with van der Waals surface area (Å²) in [4.78, 5) is 32.7. The fourth-order valence-corrected chi connectivity index (χ4v) is 1.38. The highest BCUT2D eigenvalue weighted by atomic mass is 16.6. The number of hydrogen-bond donors (Lipinski definition) is 2. The van der Waals surface area contributed by atoms with Crippen LogP contribution in [-0.4, -0.2) is 33.0 Å². The van der Waals surface area contributed by atoms with Crippen LogP contribution in [0.3, 0.4) is 0 Å². The average molecular weight is 269 g/mol. The molecule has 0 aliphatic heterocycles. The fourth-order valence-electron chi connectivity index (χ4n) is 1.38. The van der Waals surface area contributed by atoms with Crippen LogP contribution >= 0.6 is 0 Å². The lowest BCUT2D eigenvalue weighted by molar-refractivity contribution is -0.391. The summed E-state index contributed by atoms with van der Waals surface area (Å²) in [5.41, 5.74) is -1.000. The van der Waals surface area contributed by atoms with Crippen LogP contribution in [-0.2, 0) is 11.8 Å². The van der Waals surface area contributed by atoms with Crippen molar-refractivity contribution in [2.24, 2.45) is 12.5 Å². The number of aliphatic carboxylic acids is 1. The van der Waals surface area contributed by atoms with E-state index in [0.29, 0.717) is 0 Å². The van der Waals surface area contributed by atoms with Crippen LogP contribution in [0.25, 0.3) is 0 Å². The van der Waals surface area contributed by atoms with E-state index in [4.69, 9.17) is 5.11 Å². The van der Waals surface area contributed by atoms with Gasteiger partial charge in [0.2, 0.25) is 0 Å². The predicted octanol–water partition coefficient (Wildman–Crippen LogP) is 0.774. The molecule has 8 heteroatoms. The molecule has 0 atom stereocenters. The summed E-state index contributed by atoms with van der Waals surface area (Å²) < 4.78 is 1.14. The van der Waals surface area contributed by atoms with Crippen molar-refractivity contribution in [2.75, 3.05) is 6.54 Å². The molecule has 0 spiro atoms. The van der Waals surface area contributed by atoms with Crippen LogP contribution in [0, 0.1) is 15.5 Å². The van der Waals surface area contributed by atoms with Gasteiger partial charge in [0.15, 0.2) is 5.69 Å². The van der Waals surface area contributed by atoms with Gasteiger partial charge in [-0.15, -0.1) is 0 Å². The van der Waals surface area contributed by atoms with E-state index in [1.807, 2.05) is 0 Å². The maximum absolute atomic E-state index is 11.8. The van der Waals surface area contributed by atoms with Crippen LogP contribution in [0.5, 0.6) is 0 Å². The van der Waals surface area contributed by atoms with Gasteiger partial charge in [-0.25, -0.2) is 4.57 Å². The molecule has 0 radical (unpaired) electrons. The number of aromatic nitrogens is 1. The third kappa shape index (κ3) is 3.09. The Bertz CT molecular complexity index is 532. The minimum absolute atomic E-state index is 0.0693. The van der Waals surface area contributed by atoms with E-state index in [9.17, 15) is 19.7 Å². The Morgan fingerprint density at radius 1 is 1.47 bits per heavy atom. The van der Waals surface area contributed by atoms with E-state index in [1.165, 1.54) is 33.0 Å². The van der Waals surface area contributed by atoms with Crippen molar-refractivity contribution in [3.8, 4) is 0 Å². The standard InChI is InChI=1S/C11H15N3O5/c1-11(2,10(16)17)6-12-9(15)7-4-5-8(13(7)3)14(18)19/h4-5H,6H2,1-3H3,(H,12,15)(H,16,17). The molecule has 2 N–H and O–H groups in total. The van der Waals surface area contributed by atoms with Crippen LogP contribution in [0.15, 0.2) is 12.1 Å². The molecule has 0 unspecified atom stereocenters. The minimum atomic E-state index is -1.10. The van der Waals surface area contributed by atoms with Crippen molar-refractivity contribution in [1.29, 1.82) is 0 Å². The Balaban J connectivity index is 2.80. The van der Waals surface area contributed by atoms with E-state index < -0.39 is 22.2 Å². The fraction of sp³-hybridized carbons (Fsp3) is 0.455. The molecule has 1 aromatic rings. The second kappa shape index (κ2) is 5.09. The maximum atomic E-state index is 11.8. The molecule has 0 saturated carbocycles. The second-order valence-electron chi connectivity index (χ2n) is 4.76. The van der Waals surface area contributed by atoms with E-state index in [-0.39, 0.29) is 18.1 Å². The number of carbonyl (C=O) groups is 2. The monoisotopic (exact) mass is 269 g/mol. The smallest absolute Gasteiger partial charge is 0.323 e. The molecule has 0 aliphatic rings. The maximum Gasteiger partial charge on any atom is 0.323 e. The number of carboxylic acid groups (broad SMARTS) is 1. The second-order valence-corrected chi connectivity index (χ2v) is 4.76. The van der Waals surface area contributed by atoms with Crippen LogP contribution in [0.4, 0.5) is 5.82 Å². The Labute approximate surface area is 109 Å². The molecule has 0 aliphatic carbocycles. The SMILES string of the molecule is Cn1c(C(=O)NCC(C)(C)C(=O)O)ccc1[N+](=O)[O-]. The van der Waals surface area contributed by atoms with E-state index in [1.54, 1.807) is 0 Å². The molecule has 0 bridgehead atoms. The predicted molar refractivity (Wildman–Crippen MR) is 65.8 cm³/mol. The Morgan fingerprint density at radius 3 is 2.47 bits per heavy atom. The summed E-state index contributed by atoms with van der Waals surface area (Å²) in [6, 6.07) is 2.54. The zero-order valence-corrected chi connectivity index (χ0v) is 10.8. The van der Waals surface area contributed by atoms with Gasteiger partial charge < -0.3 is 20.5 Å². The van der Waals surface area contributed by atoms with Gasteiger partial charge in [0.1, 0.15) is 0 Å². The summed E-state index contributed by atoms with van der Waals surface area (Å²) in [5, 5.41) is 22.0. The first-order valence-electron chi connectivity index (χ1n) is 5.48. The minimum Gasteiger partial charge on any atom is -0.481 e. The highest BCUT2D eigenvalue weighted by Gasteiger charge is 2.29. The van der Waals surface area contributed by atoms with Crippen molar-refractivity contribution in [1.82, 2.24) is 9.88 Å². The molecule has 1 heterocycles. The molecule has 19 heavy (non-hydrogen) atoms. The summed E-state index contributed by atoms with van der Waals surface area (Å²) in [5.74, 6) is -1.79. The van der Waals surface area contributed by atoms with Gasteiger partial charge in [0, 0.05) is 12.6 Å². The lowest BCUT2D eigenvalue weighted by Gasteiger charge is -2.18. The third-order valence-electron chi connectivity index (χ3n) is 2.78. The van der Waals surface area contributed by atoms with E-state index >= 15 is 0 Å². The molecule has 1 aromatic heterocycles. The molecule has 0 aromatic carbocycles. The van der Waals surface area contributed by atoms with Gasteiger partial charge in [-0.3, -0.25) is 9.59 Å². The molecule has 8 nitrogen and oxygen atoms in total. The summed E-state index contributed by atoms with van der Waals surface area (Å²) in [7, 11) is 1.40. The lowest BCUT2D eigenvalue weighted by Crippen LogP contribution is -2.39. The number of nitro groups is 1. The van der Waals surface area contributed by atoms with Gasteiger partial charge in [-0.1, -0.05) is 0 Å². The summed E-state index contributed by atoms with van der Waals surface area (Å²) in [6.45, 7) is 2.88. The zero-order chi connectivity index (χ0) is 14.8. The Morgan fingerprint density at radius 2 is 2.05 bits per heavy atom. The number of carboxylic acids is 1. The molecule has 1 amide bonds. The normalized spacial score (nSPS) is 11.1. The van der Waals surface area contributed by atoms with Crippen molar-refractivity contribution in [3.63, 3.8) is 0 Å². The lowest BCUT2D eigenvalue weighted by atomic mass is 9.94. The van der Waals surface area contributed by atoms with Crippen LogP contribution in [0.1, 0.15) is 24.3 Å². The quantitative estimate of drug-likeness (QED) is 0.605. The van der Waals surface area contributed by atoms with Crippen molar-refractivity contribution in [3.05, 3.63) is 27.9 Å². The molecular weight excluding hydrogens is 254 g/mol. The topological polar surface area (TPSA) is 114 Å². The van der Waals surface area contributed by atoms with Crippen LogP contribution < -0.4 is 5.32 Å². The molecular formula is C11H15N3O5. The average Bonchev–Trinajstić information content (AvgIpc) is 2.68. The van der Waals surface area contributed by atoms with Gasteiger partial charge in [-0.05, 0) is 24.8 Å². The van der Waals surface area contributed by atoms with Crippen molar-refractivity contribution < 1.29 is 19.6 Å². The first kappa shape index (κ1) is 14.7. The van der Waals surface area contributed by atoms with Gasteiger partial charge in [0.05, 0.1) is 12.5 Å². The Kier molecular flexibility index (Phi) is 3.93. The number of carbonyl (C=O) groups excluding carboxylic acids is 1. The zero-order valence-electron chi connectivity index (χ0n) is 10.8. The van der Waals surface area contributed by atoms with Crippen LogP contribution in [0.2, 0.25) is 0 Å². The molecule has 1 rings (SSSR count). The number of nitrogens with zero attached hydrogens (tertiary/aromatic N) is 2. The highest BCUT2D eigenvalue weighted by molar-refractivity contribution is 5.93. The van der Waals surface area contributed by atoms with Crippen molar-refractivity contribution >= 4 is 17.7 Å². The van der Waals surface area contributed by atoms with Gasteiger partial charge >= 0.3 is 11.8 Å². The molecule has 0 saturated heterocycles. The molecule has 104 valence electrons. The Hall–Kier alpha value is -2.38. The number of nitrogens with one attached hydrogen (secondary N) is 1. The van der Waals surface area contributed by atoms with Gasteiger partial charge in [0.25, 0.3) is 5.91 Å². The van der Waals surface area contributed by atoms with Gasteiger partial charge in [-0.2, -0.15) is 0 Å². The number of hydrogen-bond acceptors (Lipinski definition) is 4. The molecule has 0 fully saturated rings. The van der Waals surface area contributed by atoms with Crippen molar-refractivity contribution in [2.45, 2.75) is 13.8 Å². The third-order valence-corrected chi connectivity index (χ3v) is 2.78. The van der Waals surface area contributed by atoms with E-state index in [2.05, 4.69) is 5.32 Å². The first-order valence-corrected chi connectivity index (χ1v) is 5.48. The highest BCUT2D eigenvalue weighted by Crippen LogP contribution is 2.16. The van der Waals surface area contributed by atoms with E-state index in [0.717, 1.165) is 4.57 Å². The largest absolute Gasteiger partial charge is 0.481 e. The number of amides is 1.